The van der Waals surface area contributed by atoms with E-state index in [1.54, 1.807) is 0 Å². The molecule has 1 aliphatic heterocycles. The Balaban J connectivity index is 1.51. The summed E-state index contributed by atoms with van der Waals surface area (Å²) in [7, 11) is 0. The molecule has 0 aromatic carbocycles. The van der Waals surface area contributed by atoms with E-state index in [0.717, 1.165) is 18.4 Å². The first-order valence-corrected chi connectivity index (χ1v) is 7.14. The summed E-state index contributed by atoms with van der Waals surface area (Å²) >= 11 is 0. The van der Waals surface area contributed by atoms with Crippen LogP contribution in [0.1, 0.15) is 32.1 Å². The van der Waals surface area contributed by atoms with Crippen LogP contribution in [0.25, 0.3) is 0 Å². The van der Waals surface area contributed by atoms with Crippen LogP contribution >= 0.6 is 0 Å². The topological polar surface area (TPSA) is 29.5 Å². The first kappa shape index (κ1) is 11.7. The van der Waals surface area contributed by atoms with Gasteiger partial charge in [0.05, 0.1) is 19.1 Å². The molecule has 0 bridgehead atoms. The molecule has 1 atom stereocenters. The Bertz CT molecular complexity index is 270. The van der Waals surface area contributed by atoms with Gasteiger partial charge in [-0.1, -0.05) is 0 Å². The zero-order valence-electron chi connectivity index (χ0n) is 10.6. The van der Waals surface area contributed by atoms with Crippen molar-refractivity contribution in [2.45, 2.75) is 32.1 Å². The SMILES string of the molecule is O=C1CCOCC1CN(CC1CC1)CC1CC1. The van der Waals surface area contributed by atoms with Gasteiger partial charge in [0.15, 0.2) is 0 Å². The minimum Gasteiger partial charge on any atom is -0.380 e. The van der Waals surface area contributed by atoms with Gasteiger partial charge in [0, 0.05) is 26.1 Å². The zero-order valence-corrected chi connectivity index (χ0v) is 10.6. The second kappa shape index (κ2) is 5.07. The van der Waals surface area contributed by atoms with Gasteiger partial charge in [0.1, 0.15) is 5.78 Å². The van der Waals surface area contributed by atoms with Crippen molar-refractivity contribution in [3.63, 3.8) is 0 Å². The predicted octanol–water partition coefficient (Wildman–Crippen LogP) is 1.71. The number of hydrogen-bond donors (Lipinski definition) is 0. The monoisotopic (exact) mass is 237 g/mol. The second-order valence-corrected chi connectivity index (χ2v) is 6.09. The Kier molecular flexibility index (Phi) is 3.48. The van der Waals surface area contributed by atoms with Crippen LogP contribution in [-0.2, 0) is 9.53 Å². The van der Waals surface area contributed by atoms with Crippen molar-refractivity contribution in [2.75, 3.05) is 32.8 Å². The molecule has 96 valence electrons. The summed E-state index contributed by atoms with van der Waals surface area (Å²) in [6.07, 6.45) is 6.23. The van der Waals surface area contributed by atoms with E-state index >= 15 is 0 Å². The lowest BCUT2D eigenvalue weighted by atomic mass is 9.99. The molecule has 0 spiro atoms. The number of Topliss-reactive ketones (excluding diaryl/α,β-unsaturated/α-hetero) is 1. The predicted molar refractivity (Wildman–Crippen MR) is 65.8 cm³/mol. The average Bonchev–Trinajstić information content (AvgIpc) is 3.17. The Morgan fingerprint density at radius 3 is 2.24 bits per heavy atom. The third-order valence-electron chi connectivity index (χ3n) is 4.17. The molecule has 2 aliphatic carbocycles. The number of nitrogens with zero attached hydrogens (tertiary/aromatic N) is 1. The molecule has 0 radical (unpaired) electrons. The van der Waals surface area contributed by atoms with E-state index in [1.807, 2.05) is 0 Å². The molecule has 2 saturated carbocycles. The molecule has 3 heteroatoms. The van der Waals surface area contributed by atoms with Gasteiger partial charge in [-0.3, -0.25) is 4.79 Å². The maximum Gasteiger partial charge on any atom is 0.141 e. The number of hydrogen-bond acceptors (Lipinski definition) is 3. The summed E-state index contributed by atoms with van der Waals surface area (Å²) in [5, 5.41) is 0. The molecular formula is C14H23NO2. The van der Waals surface area contributed by atoms with Crippen molar-refractivity contribution >= 4 is 5.78 Å². The second-order valence-electron chi connectivity index (χ2n) is 6.09. The van der Waals surface area contributed by atoms with Crippen LogP contribution in [-0.4, -0.2) is 43.5 Å². The van der Waals surface area contributed by atoms with E-state index in [2.05, 4.69) is 4.90 Å². The highest BCUT2D eigenvalue weighted by Gasteiger charge is 2.32. The standard InChI is InChI=1S/C14H23NO2/c16-14-5-6-17-10-13(14)9-15(7-11-1-2-11)8-12-3-4-12/h11-13H,1-10H2. The summed E-state index contributed by atoms with van der Waals surface area (Å²) < 4.78 is 5.45. The third kappa shape index (κ3) is 3.52. The summed E-state index contributed by atoms with van der Waals surface area (Å²) in [4.78, 5) is 14.4. The highest BCUT2D eigenvalue weighted by molar-refractivity contribution is 5.82. The molecule has 3 fully saturated rings. The molecule has 1 heterocycles. The van der Waals surface area contributed by atoms with Gasteiger partial charge in [0.25, 0.3) is 0 Å². The molecule has 0 aromatic heterocycles. The Hall–Kier alpha value is -0.410. The van der Waals surface area contributed by atoms with E-state index in [9.17, 15) is 4.79 Å². The maximum atomic E-state index is 11.8. The summed E-state index contributed by atoms with van der Waals surface area (Å²) in [6.45, 7) is 4.69. The number of ketones is 1. The van der Waals surface area contributed by atoms with Crippen molar-refractivity contribution in [2.24, 2.45) is 17.8 Å². The maximum absolute atomic E-state index is 11.8. The van der Waals surface area contributed by atoms with Crippen molar-refractivity contribution < 1.29 is 9.53 Å². The fourth-order valence-electron chi connectivity index (χ4n) is 2.72. The van der Waals surface area contributed by atoms with E-state index in [-0.39, 0.29) is 5.92 Å². The molecule has 3 rings (SSSR count). The first-order valence-electron chi connectivity index (χ1n) is 7.14. The molecule has 1 unspecified atom stereocenters. The van der Waals surface area contributed by atoms with E-state index in [4.69, 9.17) is 4.74 Å². The van der Waals surface area contributed by atoms with Crippen LogP contribution in [0, 0.1) is 17.8 Å². The zero-order chi connectivity index (χ0) is 11.7. The van der Waals surface area contributed by atoms with Gasteiger partial charge < -0.3 is 9.64 Å². The van der Waals surface area contributed by atoms with Crippen LogP contribution in [0.2, 0.25) is 0 Å². The molecular weight excluding hydrogens is 214 g/mol. The van der Waals surface area contributed by atoms with Crippen LogP contribution in [0.5, 0.6) is 0 Å². The van der Waals surface area contributed by atoms with Gasteiger partial charge in [-0.2, -0.15) is 0 Å². The molecule has 17 heavy (non-hydrogen) atoms. The Morgan fingerprint density at radius 2 is 1.71 bits per heavy atom. The van der Waals surface area contributed by atoms with Crippen LogP contribution in [0.4, 0.5) is 0 Å². The summed E-state index contributed by atoms with van der Waals surface area (Å²) in [5.41, 5.74) is 0. The van der Waals surface area contributed by atoms with Crippen molar-refractivity contribution in [1.82, 2.24) is 4.90 Å². The van der Waals surface area contributed by atoms with Gasteiger partial charge >= 0.3 is 0 Å². The Labute approximate surface area is 104 Å². The fourth-order valence-corrected chi connectivity index (χ4v) is 2.72. The van der Waals surface area contributed by atoms with Gasteiger partial charge in [-0.05, 0) is 37.5 Å². The van der Waals surface area contributed by atoms with E-state index in [0.29, 0.717) is 25.4 Å². The highest BCUT2D eigenvalue weighted by atomic mass is 16.5. The molecule has 3 nitrogen and oxygen atoms in total. The molecule has 0 amide bonds. The third-order valence-corrected chi connectivity index (χ3v) is 4.17. The van der Waals surface area contributed by atoms with E-state index in [1.165, 1.54) is 38.8 Å². The highest BCUT2D eigenvalue weighted by Crippen LogP contribution is 2.34. The van der Waals surface area contributed by atoms with Gasteiger partial charge in [-0.25, -0.2) is 0 Å². The first-order chi connectivity index (χ1) is 8.31. The number of rotatable bonds is 6. The summed E-state index contributed by atoms with van der Waals surface area (Å²) in [6, 6.07) is 0. The smallest absolute Gasteiger partial charge is 0.141 e. The largest absolute Gasteiger partial charge is 0.380 e. The number of ether oxygens (including phenoxy) is 1. The number of carbonyl (C=O) groups is 1. The van der Waals surface area contributed by atoms with Crippen molar-refractivity contribution in [3.8, 4) is 0 Å². The minimum atomic E-state index is 0.154. The van der Waals surface area contributed by atoms with Gasteiger partial charge in [-0.15, -0.1) is 0 Å². The number of carbonyl (C=O) groups excluding carboxylic acids is 1. The lowest BCUT2D eigenvalue weighted by molar-refractivity contribution is -0.131. The lowest BCUT2D eigenvalue weighted by Gasteiger charge is -2.29. The fraction of sp³-hybridized carbons (Fsp3) is 0.929. The molecule has 0 N–H and O–H groups in total. The quantitative estimate of drug-likeness (QED) is 0.704. The summed E-state index contributed by atoms with van der Waals surface area (Å²) in [5.74, 6) is 2.43. The van der Waals surface area contributed by atoms with Gasteiger partial charge in [0.2, 0.25) is 0 Å². The lowest BCUT2D eigenvalue weighted by Crippen LogP contribution is -2.40. The van der Waals surface area contributed by atoms with Crippen LogP contribution in [0.3, 0.4) is 0 Å². The van der Waals surface area contributed by atoms with Crippen molar-refractivity contribution in [1.29, 1.82) is 0 Å². The average molecular weight is 237 g/mol. The normalized spacial score (nSPS) is 29.9. The molecule has 0 aromatic rings. The minimum absolute atomic E-state index is 0.154. The van der Waals surface area contributed by atoms with Crippen molar-refractivity contribution in [3.05, 3.63) is 0 Å². The van der Waals surface area contributed by atoms with Crippen LogP contribution in [0.15, 0.2) is 0 Å². The van der Waals surface area contributed by atoms with E-state index < -0.39 is 0 Å². The van der Waals surface area contributed by atoms with Crippen LogP contribution < -0.4 is 0 Å². The Morgan fingerprint density at radius 1 is 1.06 bits per heavy atom. The molecule has 3 aliphatic rings. The molecule has 1 saturated heterocycles.